The number of ether oxygens (including phenoxy) is 2. The van der Waals surface area contributed by atoms with Crippen molar-refractivity contribution in [2.24, 2.45) is 0 Å². The molecule has 1 amide bonds. The highest BCUT2D eigenvalue weighted by Crippen LogP contribution is 2.34. The maximum Gasteiger partial charge on any atom is 0.416 e. The highest BCUT2D eigenvalue weighted by atomic mass is 35.5. The molecule has 0 spiro atoms. The fourth-order valence-electron chi connectivity index (χ4n) is 5.05. The molecule has 2 N–H and O–H groups in total. The van der Waals surface area contributed by atoms with Gasteiger partial charge in [0.2, 0.25) is 0 Å². The molecule has 1 aliphatic heterocycles. The molecule has 2 aromatic heterocycles. The van der Waals surface area contributed by atoms with Crippen molar-refractivity contribution < 1.29 is 14.3 Å². The number of carbonyl (C=O) groups excluding carboxylic acids is 1. The Kier molecular flexibility index (Phi) is 7.20. The fraction of sp³-hybridized carbons (Fsp3) is 0.250. The van der Waals surface area contributed by atoms with Gasteiger partial charge in [-0.1, -0.05) is 47.2 Å². The third-order valence-electron chi connectivity index (χ3n) is 6.90. The third-order valence-corrected chi connectivity index (χ3v) is 8.09. The van der Waals surface area contributed by atoms with Crippen LogP contribution in [-0.4, -0.2) is 44.3 Å². The third kappa shape index (κ3) is 5.34. The van der Waals surface area contributed by atoms with E-state index < -0.39 is 6.09 Å². The molecule has 200 valence electrons. The van der Waals surface area contributed by atoms with Crippen molar-refractivity contribution in [2.75, 3.05) is 13.2 Å². The summed E-state index contributed by atoms with van der Waals surface area (Å²) in [7, 11) is 0. The molecule has 2 aliphatic rings. The van der Waals surface area contributed by atoms with E-state index in [4.69, 9.17) is 38.1 Å². The van der Waals surface area contributed by atoms with Gasteiger partial charge in [-0.3, -0.25) is 10.3 Å². The number of nitrogens with zero attached hydrogens (tertiary/aromatic N) is 3. The summed E-state index contributed by atoms with van der Waals surface area (Å²) in [5.41, 5.74) is 4.72. The summed E-state index contributed by atoms with van der Waals surface area (Å²) in [4.78, 5) is 19.2. The van der Waals surface area contributed by atoms with E-state index in [2.05, 4.69) is 22.2 Å². The van der Waals surface area contributed by atoms with Crippen molar-refractivity contribution in [3.63, 3.8) is 0 Å². The van der Waals surface area contributed by atoms with Gasteiger partial charge in [0, 0.05) is 27.8 Å². The zero-order valence-corrected chi connectivity index (χ0v) is 23.1. The minimum absolute atomic E-state index is 0.0474. The molecule has 2 unspecified atom stereocenters. The van der Waals surface area contributed by atoms with Gasteiger partial charge in [0.05, 0.1) is 11.9 Å². The maximum atomic E-state index is 13.5. The molecule has 11 heteroatoms. The lowest BCUT2D eigenvalue weighted by molar-refractivity contribution is 0.135. The van der Waals surface area contributed by atoms with E-state index in [9.17, 15) is 4.79 Å². The van der Waals surface area contributed by atoms with Crippen molar-refractivity contribution in [1.82, 2.24) is 19.7 Å². The molecule has 2 aromatic carbocycles. The lowest BCUT2D eigenvalue weighted by Gasteiger charge is -2.35. The lowest BCUT2D eigenvalue weighted by Crippen LogP contribution is -2.43. The normalized spacial score (nSPS) is 17.9. The molecule has 0 saturated carbocycles. The lowest BCUT2D eigenvalue weighted by atomic mass is 9.92. The number of hydrogen-bond donors (Lipinski definition) is 2. The first-order valence-corrected chi connectivity index (χ1v) is 14.2. The van der Waals surface area contributed by atoms with Gasteiger partial charge in [-0.05, 0) is 60.4 Å². The molecule has 0 saturated heterocycles. The number of aromatic amines is 1. The summed E-state index contributed by atoms with van der Waals surface area (Å²) in [5.74, 6) is 1.13. The van der Waals surface area contributed by atoms with E-state index in [1.807, 2.05) is 24.3 Å². The van der Waals surface area contributed by atoms with Crippen molar-refractivity contribution in [1.29, 1.82) is 5.41 Å². The van der Waals surface area contributed by atoms with Crippen LogP contribution in [0.25, 0.3) is 12.2 Å². The molecule has 3 heterocycles. The first-order valence-electron chi connectivity index (χ1n) is 12.5. The highest BCUT2D eigenvalue weighted by Gasteiger charge is 2.35. The second kappa shape index (κ2) is 10.9. The molecule has 0 radical (unpaired) electrons. The second-order valence-electron chi connectivity index (χ2n) is 9.32. The number of nitrogens with one attached hydrogen (secondary N) is 2. The Labute approximate surface area is 238 Å². The van der Waals surface area contributed by atoms with Crippen LogP contribution in [0.3, 0.4) is 0 Å². The molecule has 39 heavy (non-hydrogen) atoms. The molecule has 8 nitrogen and oxygen atoms in total. The number of hydrogen-bond acceptors (Lipinski definition) is 6. The molecule has 2 atom stereocenters. The number of benzene rings is 2. The van der Waals surface area contributed by atoms with Gasteiger partial charge in [-0.2, -0.15) is 5.10 Å². The number of carbonyl (C=O) groups is 1. The molecule has 4 aromatic rings. The predicted octanol–water partition coefficient (Wildman–Crippen LogP) is 4.20. The van der Waals surface area contributed by atoms with Gasteiger partial charge in [-0.15, -0.1) is 11.6 Å². The van der Waals surface area contributed by atoms with E-state index in [0.717, 1.165) is 28.2 Å². The van der Waals surface area contributed by atoms with Crippen LogP contribution in [0.2, 0.25) is 5.02 Å². The monoisotopic (exact) mass is 581 g/mol. The van der Waals surface area contributed by atoms with Crippen LogP contribution >= 0.6 is 34.5 Å². The smallest absolute Gasteiger partial charge is 0.416 e. The fourth-order valence-corrected chi connectivity index (χ4v) is 5.91. The SMILES string of the molecule is N=c1scnn1CCOc1ccc(C2c3[nH]c4c(c3CCN2C(=O)Oc2ccc(Cl)cc2)=CC(Cl)CC=4)cc1. The van der Waals surface area contributed by atoms with E-state index in [-0.39, 0.29) is 11.4 Å². The molecule has 6 rings (SSSR count). The molecule has 0 bridgehead atoms. The second-order valence-corrected chi connectivity index (χ2v) is 11.1. The van der Waals surface area contributed by atoms with Crippen LogP contribution in [0.1, 0.15) is 29.3 Å². The van der Waals surface area contributed by atoms with Gasteiger partial charge in [0.1, 0.15) is 29.7 Å². The van der Waals surface area contributed by atoms with Crippen LogP contribution < -0.4 is 24.8 Å². The highest BCUT2D eigenvalue weighted by molar-refractivity contribution is 7.06. The number of aromatic nitrogens is 3. The van der Waals surface area contributed by atoms with Crippen molar-refractivity contribution in [3.05, 3.63) is 91.3 Å². The van der Waals surface area contributed by atoms with E-state index in [0.29, 0.717) is 47.4 Å². The maximum absolute atomic E-state index is 13.5. The quantitative estimate of drug-likeness (QED) is 0.333. The number of H-pyrrole nitrogens is 1. The van der Waals surface area contributed by atoms with Gasteiger partial charge in [0.15, 0.2) is 4.80 Å². The first kappa shape index (κ1) is 25.7. The van der Waals surface area contributed by atoms with Crippen molar-refractivity contribution in [2.45, 2.75) is 30.8 Å². The Morgan fingerprint density at radius 2 is 1.92 bits per heavy atom. The Morgan fingerprint density at radius 1 is 1.15 bits per heavy atom. The standard InChI is InChI=1S/C28H25Cl2N5O3S/c29-18-3-8-21(9-4-18)38-28(36)34-12-11-22-23-15-19(30)5-10-24(23)33-25(22)26(34)17-1-6-20(7-2-17)37-14-13-35-27(31)39-16-32-35/h1-4,6-10,15-16,19,26,31,33H,5,11-14H2. The molecule has 1 aliphatic carbocycles. The summed E-state index contributed by atoms with van der Waals surface area (Å²) in [5, 5.41) is 14.7. The van der Waals surface area contributed by atoms with Gasteiger partial charge < -0.3 is 14.5 Å². The van der Waals surface area contributed by atoms with Crippen LogP contribution in [-0.2, 0) is 13.0 Å². The Bertz CT molecular complexity index is 1680. The summed E-state index contributed by atoms with van der Waals surface area (Å²) in [6.45, 7) is 1.37. The number of fused-ring (bicyclic) bond motifs is 3. The summed E-state index contributed by atoms with van der Waals surface area (Å²) >= 11 is 13.7. The average molecular weight is 583 g/mol. The van der Waals surface area contributed by atoms with Gasteiger partial charge in [-0.25, -0.2) is 9.48 Å². The van der Waals surface area contributed by atoms with Crippen LogP contribution in [0, 0.1) is 5.41 Å². The first-order chi connectivity index (χ1) is 19.0. The largest absolute Gasteiger partial charge is 0.492 e. The van der Waals surface area contributed by atoms with Gasteiger partial charge >= 0.3 is 6.09 Å². The molecular weight excluding hydrogens is 557 g/mol. The average Bonchev–Trinajstić information content (AvgIpc) is 3.52. The number of halogens is 2. The van der Waals surface area contributed by atoms with E-state index >= 15 is 0 Å². The molecular formula is C28H25Cl2N5O3S. The predicted molar refractivity (Wildman–Crippen MR) is 151 cm³/mol. The number of alkyl halides is 1. The minimum atomic E-state index is -0.435. The zero-order valence-electron chi connectivity index (χ0n) is 20.8. The minimum Gasteiger partial charge on any atom is -0.492 e. The Hall–Kier alpha value is -3.53. The van der Waals surface area contributed by atoms with Crippen LogP contribution in [0.4, 0.5) is 4.79 Å². The zero-order chi connectivity index (χ0) is 26.9. The molecule has 0 fully saturated rings. The topological polar surface area (TPSA) is 96.2 Å². The Balaban J connectivity index is 1.29. The summed E-state index contributed by atoms with van der Waals surface area (Å²) in [6, 6.07) is 14.1. The van der Waals surface area contributed by atoms with Crippen LogP contribution in [0.15, 0.2) is 54.0 Å². The number of rotatable bonds is 6. The van der Waals surface area contributed by atoms with E-state index in [1.165, 1.54) is 16.9 Å². The Morgan fingerprint density at radius 3 is 2.67 bits per heavy atom. The summed E-state index contributed by atoms with van der Waals surface area (Å²) in [6.07, 6.45) is 5.24. The van der Waals surface area contributed by atoms with E-state index in [1.54, 1.807) is 39.4 Å². The summed E-state index contributed by atoms with van der Waals surface area (Å²) < 4.78 is 13.2. The number of amides is 1. The van der Waals surface area contributed by atoms with Crippen molar-refractivity contribution in [3.8, 4) is 11.5 Å². The van der Waals surface area contributed by atoms with Gasteiger partial charge in [0.25, 0.3) is 0 Å². The van der Waals surface area contributed by atoms with Crippen LogP contribution in [0.5, 0.6) is 11.5 Å². The van der Waals surface area contributed by atoms with Crippen molar-refractivity contribution >= 4 is 52.8 Å².